The first kappa shape index (κ1) is 22.6. The van der Waals surface area contributed by atoms with Gasteiger partial charge in [0, 0.05) is 6.42 Å². The average molecular weight is 377 g/mol. The van der Waals surface area contributed by atoms with Crippen LogP contribution >= 0.6 is 0 Å². The molecule has 1 rings (SSSR count). The van der Waals surface area contributed by atoms with Crippen molar-refractivity contribution in [3.63, 3.8) is 0 Å². The highest BCUT2D eigenvalue weighted by Gasteiger charge is 2.30. The maximum absolute atomic E-state index is 12.6. The Morgan fingerprint density at radius 3 is 2.07 bits per heavy atom. The summed E-state index contributed by atoms with van der Waals surface area (Å²) in [5.41, 5.74) is 6.68. The van der Waals surface area contributed by atoms with E-state index < -0.39 is 35.9 Å². The van der Waals surface area contributed by atoms with Crippen molar-refractivity contribution in [3.05, 3.63) is 35.9 Å². The van der Waals surface area contributed by atoms with Gasteiger partial charge in [0.15, 0.2) is 0 Å². The van der Waals surface area contributed by atoms with Crippen molar-refractivity contribution >= 4 is 17.8 Å². The average Bonchev–Trinajstić information content (AvgIpc) is 2.58. The van der Waals surface area contributed by atoms with E-state index in [9.17, 15) is 19.5 Å². The monoisotopic (exact) mass is 377 g/mol. The Balaban J connectivity index is 2.80. The van der Waals surface area contributed by atoms with Crippen LogP contribution in [-0.2, 0) is 20.8 Å². The Morgan fingerprint density at radius 1 is 1.00 bits per heavy atom. The zero-order chi connectivity index (χ0) is 20.6. The summed E-state index contributed by atoms with van der Waals surface area (Å²) in [7, 11) is 0. The largest absolute Gasteiger partial charge is 0.480 e. The van der Waals surface area contributed by atoms with Crippen LogP contribution in [0.4, 0.5) is 0 Å². The summed E-state index contributed by atoms with van der Waals surface area (Å²) >= 11 is 0. The van der Waals surface area contributed by atoms with Gasteiger partial charge in [-0.3, -0.25) is 9.59 Å². The predicted octanol–water partition coefficient (Wildman–Crippen LogP) is 1.31. The standard InChI is InChI=1S/C20H31N3O4/c1-12(2)10-15(21)18(24)23-17(13(3)4)19(25)22-16(20(26)27)11-14-8-6-5-7-9-14/h5-9,12-13,15-17H,10-11,21H2,1-4H3,(H,22,25)(H,23,24)(H,26,27)/t15-,16-,17-/m0/s1. The fraction of sp³-hybridized carbons (Fsp3) is 0.550. The number of rotatable bonds is 10. The van der Waals surface area contributed by atoms with Gasteiger partial charge in [-0.2, -0.15) is 0 Å². The summed E-state index contributed by atoms with van der Waals surface area (Å²) in [6.07, 6.45) is 0.664. The third-order valence-electron chi connectivity index (χ3n) is 4.21. The van der Waals surface area contributed by atoms with E-state index in [1.54, 1.807) is 26.0 Å². The lowest BCUT2D eigenvalue weighted by Crippen LogP contribution is -2.56. The zero-order valence-corrected chi connectivity index (χ0v) is 16.4. The number of carbonyl (C=O) groups excluding carboxylic acids is 2. The summed E-state index contributed by atoms with van der Waals surface area (Å²) < 4.78 is 0. The maximum atomic E-state index is 12.6. The minimum absolute atomic E-state index is 0.160. The first-order chi connectivity index (χ1) is 12.6. The van der Waals surface area contributed by atoms with E-state index in [0.717, 1.165) is 5.56 Å². The Hall–Kier alpha value is -2.41. The van der Waals surface area contributed by atoms with Crippen molar-refractivity contribution in [3.8, 4) is 0 Å². The molecule has 7 nitrogen and oxygen atoms in total. The molecule has 3 atom stereocenters. The number of carboxylic acids is 1. The van der Waals surface area contributed by atoms with Gasteiger partial charge in [-0.15, -0.1) is 0 Å². The Kier molecular flexibility index (Phi) is 8.94. The molecule has 0 unspecified atom stereocenters. The van der Waals surface area contributed by atoms with Crippen molar-refractivity contribution in [2.45, 2.75) is 58.7 Å². The molecule has 27 heavy (non-hydrogen) atoms. The van der Waals surface area contributed by atoms with Crippen LogP contribution in [0.25, 0.3) is 0 Å². The lowest BCUT2D eigenvalue weighted by Gasteiger charge is -2.25. The highest BCUT2D eigenvalue weighted by molar-refractivity contribution is 5.92. The number of benzene rings is 1. The molecular weight excluding hydrogens is 346 g/mol. The molecule has 0 bridgehead atoms. The number of nitrogens with two attached hydrogens (primary N) is 1. The van der Waals surface area contributed by atoms with Crippen LogP contribution in [0, 0.1) is 11.8 Å². The molecule has 5 N–H and O–H groups in total. The van der Waals surface area contributed by atoms with Crippen LogP contribution in [-0.4, -0.2) is 41.0 Å². The Labute approximate surface area is 160 Å². The van der Waals surface area contributed by atoms with Crippen LogP contribution in [0.3, 0.4) is 0 Å². The third kappa shape index (κ3) is 7.78. The minimum Gasteiger partial charge on any atom is -0.480 e. The smallest absolute Gasteiger partial charge is 0.326 e. The molecule has 150 valence electrons. The molecule has 1 aromatic carbocycles. The summed E-state index contributed by atoms with van der Waals surface area (Å²) in [5, 5.41) is 14.6. The van der Waals surface area contributed by atoms with Crippen LogP contribution < -0.4 is 16.4 Å². The topological polar surface area (TPSA) is 122 Å². The van der Waals surface area contributed by atoms with Crippen molar-refractivity contribution < 1.29 is 19.5 Å². The van der Waals surface area contributed by atoms with E-state index in [4.69, 9.17) is 5.73 Å². The SMILES string of the molecule is CC(C)C[C@H](N)C(=O)N[C@H](C(=O)N[C@@H](Cc1ccccc1)C(=O)O)C(C)C. The van der Waals surface area contributed by atoms with E-state index >= 15 is 0 Å². The zero-order valence-electron chi connectivity index (χ0n) is 16.4. The number of carbonyl (C=O) groups is 3. The van der Waals surface area contributed by atoms with Gasteiger partial charge in [-0.05, 0) is 23.8 Å². The molecule has 7 heteroatoms. The molecule has 0 fully saturated rings. The molecule has 1 aromatic rings. The second-order valence-corrected chi connectivity index (χ2v) is 7.56. The van der Waals surface area contributed by atoms with Crippen molar-refractivity contribution in [2.24, 2.45) is 17.6 Å². The third-order valence-corrected chi connectivity index (χ3v) is 4.21. The predicted molar refractivity (Wildman–Crippen MR) is 104 cm³/mol. The fourth-order valence-corrected chi connectivity index (χ4v) is 2.72. The highest BCUT2D eigenvalue weighted by atomic mass is 16.4. The molecule has 0 saturated heterocycles. The van der Waals surface area contributed by atoms with Crippen LogP contribution in [0.2, 0.25) is 0 Å². The van der Waals surface area contributed by atoms with Crippen molar-refractivity contribution in [1.82, 2.24) is 10.6 Å². The van der Waals surface area contributed by atoms with Crippen LogP contribution in [0.15, 0.2) is 30.3 Å². The number of hydrogen-bond donors (Lipinski definition) is 4. The fourth-order valence-electron chi connectivity index (χ4n) is 2.72. The highest BCUT2D eigenvalue weighted by Crippen LogP contribution is 2.08. The first-order valence-corrected chi connectivity index (χ1v) is 9.24. The van der Waals surface area contributed by atoms with E-state index in [1.165, 1.54) is 0 Å². The molecule has 0 aromatic heterocycles. The molecule has 0 spiro atoms. The van der Waals surface area contributed by atoms with Gasteiger partial charge in [0.05, 0.1) is 6.04 Å². The molecule has 0 heterocycles. The maximum Gasteiger partial charge on any atom is 0.326 e. The molecule has 0 aliphatic heterocycles. The number of hydrogen-bond acceptors (Lipinski definition) is 4. The first-order valence-electron chi connectivity index (χ1n) is 9.24. The number of carboxylic acid groups (broad SMARTS) is 1. The number of nitrogens with one attached hydrogen (secondary N) is 2. The second-order valence-electron chi connectivity index (χ2n) is 7.56. The molecule has 2 amide bonds. The van der Waals surface area contributed by atoms with E-state index in [-0.39, 0.29) is 18.3 Å². The molecule has 0 aliphatic carbocycles. The van der Waals surface area contributed by atoms with Crippen molar-refractivity contribution in [2.75, 3.05) is 0 Å². The lowest BCUT2D eigenvalue weighted by atomic mass is 9.99. The van der Waals surface area contributed by atoms with Crippen molar-refractivity contribution in [1.29, 1.82) is 0 Å². The summed E-state index contributed by atoms with van der Waals surface area (Å²) in [6, 6.07) is 6.41. The van der Waals surface area contributed by atoms with Crippen LogP contribution in [0.5, 0.6) is 0 Å². The summed E-state index contributed by atoms with van der Waals surface area (Å²) in [5.74, 6) is -2.03. The molecule has 0 aliphatic rings. The van der Waals surface area contributed by atoms with Gasteiger partial charge in [0.25, 0.3) is 0 Å². The summed E-state index contributed by atoms with van der Waals surface area (Å²) in [6.45, 7) is 7.48. The normalized spacial score (nSPS) is 14.5. The van der Waals surface area contributed by atoms with Gasteiger partial charge in [-0.1, -0.05) is 58.0 Å². The second kappa shape index (κ2) is 10.7. The van der Waals surface area contributed by atoms with E-state index in [1.807, 2.05) is 32.0 Å². The summed E-state index contributed by atoms with van der Waals surface area (Å²) in [4.78, 5) is 36.5. The minimum atomic E-state index is -1.13. The molecule has 0 saturated carbocycles. The molecular formula is C20H31N3O4. The van der Waals surface area contributed by atoms with Gasteiger partial charge in [-0.25, -0.2) is 4.79 Å². The Morgan fingerprint density at radius 2 is 1.59 bits per heavy atom. The van der Waals surface area contributed by atoms with Gasteiger partial charge < -0.3 is 21.5 Å². The lowest BCUT2D eigenvalue weighted by molar-refractivity contribution is -0.142. The number of aliphatic carboxylic acids is 1. The van der Waals surface area contributed by atoms with Crippen LogP contribution in [0.1, 0.15) is 39.7 Å². The Bertz CT molecular complexity index is 631. The molecule has 0 radical (unpaired) electrons. The number of amides is 2. The van der Waals surface area contributed by atoms with E-state index in [0.29, 0.717) is 6.42 Å². The van der Waals surface area contributed by atoms with E-state index in [2.05, 4.69) is 10.6 Å². The van der Waals surface area contributed by atoms with Gasteiger partial charge in [0.1, 0.15) is 12.1 Å². The quantitative estimate of drug-likeness (QED) is 0.490. The van der Waals surface area contributed by atoms with Gasteiger partial charge >= 0.3 is 5.97 Å². The van der Waals surface area contributed by atoms with Gasteiger partial charge in [0.2, 0.25) is 11.8 Å².